The predicted octanol–water partition coefficient (Wildman–Crippen LogP) is 4.26. The lowest BCUT2D eigenvalue weighted by molar-refractivity contribution is -0.384. The number of hydrogen-bond donors (Lipinski definition) is 1. The first kappa shape index (κ1) is 15.1. The monoisotopic (exact) mass is 306 g/mol. The Morgan fingerprint density at radius 1 is 1.29 bits per heavy atom. The fourth-order valence-electron chi connectivity index (χ4n) is 1.89. The van der Waals surface area contributed by atoms with Crippen LogP contribution in [0.4, 0.5) is 11.4 Å². The molecule has 0 amide bonds. The van der Waals surface area contributed by atoms with Gasteiger partial charge < -0.3 is 10.1 Å². The second-order valence-corrected chi connectivity index (χ2v) is 4.76. The molecule has 0 fully saturated rings. The van der Waals surface area contributed by atoms with Crippen molar-refractivity contribution in [3.63, 3.8) is 0 Å². The summed E-state index contributed by atoms with van der Waals surface area (Å²) in [5.41, 5.74) is 1.57. The fourth-order valence-corrected chi connectivity index (χ4v) is 2.08. The molecule has 0 radical (unpaired) electrons. The van der Waals surface area contributed by atoms with Crippen LogP contribution in [0.2, 0.25) is 5.02 Å². The second-order valence-electron chi connectivity index (χ2n) is 4.35. The van der Waals surface area contributed by atoms with Crippen LogP contribution >= 0.6 is 11.6 Å². The molecule has 0 aromatic heterocycles. The molecule has 0 saturated carbocycles. The molecule has 2 rings (SSSR count). The van der Waals surface area contributed by atoms with E-state index in [1.807, 2.05) is 19.1 Å². The third kappa shape index (κ3) is 3.86. The number of anilines is 1. The maximum atomic E-state index is 10.9. The van der Waals surface area contributed by atoms with Gasteiger partial charge in [0.2, 0.25) is 0 Å². The molecule has 110 valence electrons. The molecular formula is C15H15ClN2O3. The molecule has 0 bridgehead atoms. The van der Waals surface area contributed by atoms with Crippen LogP contribution in [0.3, 0.4) is 0 Å². The van der Waals surface area contributed by atoms with Crippen molar-refractivity contribution in [2.24, 2.45) is 0 Å². The SMILES string of the molecule is CCNc1ccc([N+](=O)[O-])cc1COc1ccccc1Cl. The number of nitro groups is 1. The van der Waals surface area contributed by atoms with E-state index in [0.717, 1.165) is 12.2 Å². The Morgan fingerprint density at radius 3 is 2.71 bits per heavy atom. The molecule has 0 unspecified atom stereocenters. The zero-order valence-corrected chi connectivity index (χ0v) is 12.3. The minimum Gasteiger partial charge on any atom is -0.487 e. The lowest BCUT2D eigenvalue weighted by atomic mass is 10.1. The van der Waals surface area contributed by atoms with Crippen LogP contribution in [0.5, 0.6) is 5.75 Å². The highest BCUT2D eigenvalue weighted by molar-refractivity contribution is 6.32. The highest BCUT2D eigenvalue weighted by Crippen LogP contribution is 2.27. The molecule has 0 aliphatic heterocycles. The predicted molar refractivity (Wildman–Crippen MR) is 83.0 cm³/mol. The number of benzene rings is 2. The summed E-state index contributed by atoms with van der Waals surface area (Å²) in [6.45, 7) is 2.88. The maximum Gasteiger partial charge on any atom is 0.269 e. The van der Waals surface area contributed by atoms with Crippen LogP contribution < -0.4 is 10.1 Å². The second kappa shape index (κ2) is 6.95. The van der Waals surface area contributed by atoms with Gasteiger partial charge in [0.15, 0.2) is 0 Å². The molecule has 0 saturated heterocycles. The van der Waals surface area contributed by atoms with E-state index >= 15 is 0 Å². The third-order valence-electron chi connectivity index (χ3n) is 2.89. The number of ether oxygens (including phenoxy) is 1. The fraction of sp³-hybridized carbons (Fsp3) is 0.200. The van der Waals surface area contributed by atoms with Crippen molar-refractivity contribution in [3.8, 4) is 5.75 Å². The Bertz CT molecular complexity index is 647. The smallest absolute Gasteiger partial charge is 0.269 e. The first-order chi connectivity index (χ1) is 10.1. The number of nitro benzene ring substituents is 1. The van der Waals surface area contributed by atoms with Gasteiger partial charge in [0.05, 0.1) is 9.95 Å². The van der Waals surface area contributed by atoms with Gasteiger partial charge in [0.1, 0.15) is 12.4 Å². The van der Waals surface area contributed by atoms with E-state index in [1.165, 1.54) is 12.1 Å². The minimum atomic E-state index is -0.422. The van der Waals surface area contributed by atoms with Crippen molar-refractivity contribution in [1.82, 2.24) is 0 Å². The van der Waals surface area contributed by atoms with Crippen LogP contribution in [0.15, 0.2) is 42.5 Å². The van der Waals surface area contributed by atoms with Gasteiger partial charge in [-0.25, -0.2) is 0 Å². The Labute approximate surface area is 127 Å². The molecule has 0 atom stereocenters. The molecule has 5 nitrogen and oxygen atoms in total. The summed E-state index contributed by atoms with van der Waals surface area (Å²) in [5, 5.41) is 14.5. The lowest BCUT2D eigenvalue weighted by Gasteiger charge is -2.12. The van der Waals surface area contributed by atoms with E-state index in [-0.39, 0.29) is 12.3 Å². The van der Waals surface area contributed by atoms with Crippen molar-refractivity contribution in [1.29, 1.82) is 0 Å². The summed E-state index contributed by atoms with van der Waals surface area (Å²) in [4.78, 5) is 10.5. The van der Waals surface area contributed by atoms with Gasteiger partial charge in [0.25, 0.3) is 5.69 Å². The number of para-hydroxylation sites is 1. The summed E-state index contributed by atoms with van der Waals surface area (Å²) in [5.74, 6) is 0.549. The Balaban J connectivity index is 2.22. The van der Waals surface area contributed by atoms with Crippen molar-refractivity contribution >= 4 is 23.0 Å². The van der Waals surface area contributed by atoms with E-state index in [2.05, 4.69) is 5.32 Å². The maximum absolute atomic E-state index is 10.9. The Morgan fingerprint density at radius 2 is 2.05 bits per heavy atom. The minimum absolute atomic E-state index is 0.0365. The number of halogens is 1. The highest BCUT2D eigenvalue weighted by atomic mass is 35.5. The number of non-ortho nitro benzene ring substituents is 1. The summed E-state index contributed by atoms with van der Waals surface area (Å²) in [7, 11) is 0. The molecule has 0 aliphatic rings. The number of nitrogens with one attached hydrogen (secondary N) is 1. The van der Waals surface area contributed by atoms with Crippen molar-refractivity contribution < 1.29 is 9.66 Å². The largest absolute Gasteiger partial charge is 0.487 e. The zero-order valence-electron chi connectivity index (χ0n) is 11.5. The van der Waals surface area contributed by atoms with Gasteiger partial charge in [-0.1, -0.05) is 23.7 Å². The van der Waals surface area contributed by atoms with E-state index in [1.54, 1.807) is 18.2 Å². The molecule has 0 heterocycles. The quantitative estimate of drug-likeness (QED) is 0.640. The average molecular weight is 307 g/mol. The van der Waals surface area contributed by atoms with Crippen LogP contribution in [0.1, 0.15) is 12.5 Å². The van der Waals surface area contributed by atoms with Crippen LogP contribution in [-0.4, -0.2) is 11.5 Å². The number of hydrogen-bond acceptors (Lipinski definition) is 4. The lowest BCUT2D eigenvalue weighted by Crippen LogP contribution is -2.05. The van der Waals surface area contributed by atoms with Gasteiger partial charge in [-0.15, -0.1) is 0 Å². The zero-order chi connectivity index (χ0) is 15.2. The van der Waals surface area contributed by atoms with Gasteiger partial charge in [-0.2, -0.15) is 0 Å². The molecule has 1 N–H and O–H groups in total. The summed E-state index contributed by atoms with van der Waals surface area (Å²) >= 11 is 6.02. The van der Waals surface area contributed by atoms with Crippen molar-refractivity contribution in [3.05, 3.63) is 63.2 Å². The van der Waals surface area contributed by atoms with Crippen LogP contribution in [-0.2, 0) is 6.61 Å². The number of nitrogens with zero attached hydrogens (tertiary/aromatic N) is 1. The van der Waals surface area contributed by atoms with Gasteiger partial charge in [-0.3, -0.25) is 10.1 Å². The summed E-state index contributed by atoms with van der Waals surface area (Å²) in [6, 6.07) is 11.8. The molecule has 2 aromatic carbocycles. The van der Waals surface area contributed by atoms with E-state index in [4.69, 9.17) is 16.3 Å². The summed E-state index contributed by atoms with van der Waals surface area (Å²) < 4.78 is 5.65. The van der Waals surface area contributed by atoms with Crippen molar-refractivity contribution in [2.45, 2.75) is 13.5 Å². The Kier molecular flexibility index (Phi) is 5.00. The molecule has 21 heavy (non-hydrogen) atoms. The van der Waals surface area contributed by atoms with Crippen LogP contribution in [0.25, 0.3) is 0 Å². The van der Waals surface area contributed by atoms with Gasteiger partial charge in [0, 0.05) is 29.9 Å². The highest BCUT2D eigenvalue weighted by Gasteiger charge is 2.11. The van der Waals surface area contributed by atoms with Crippen molar-refractivity contribution in [2.75, 3.05) is 11.9 Å². The van der Waals surface area contributed by atoms with Crippen LogP contribution in [0, 0.1) is 10.1 Å². The first-order valence-corrected chi connectivity index (χ1v) is 6.88. The standard InChI is InChI=1S/C15H15ClN2O3/c1-2-17-14-8-7-12(18(19)20)9-11(14)10-21-15-6-4-3-5-13(15)16/h3-9,17H,2,10H2,1H3. The average Bonchev–Trinajstić information content (AvgIpc) is 2.47. The molecular weight excluding hydrogens is 292 g/mol. The topological polar surface area (TPSA) is 64.4 Å². The van der Waals surface area contributed by atoms with Gasteiger partial charge in [-0.05, 0) is 25.1 Å². The van der Waals surface area contributed by atoms with E-state index in [9.17, 15) is 10.1 Å². The molecule has 0 aliphatic carbocycles. The third-order valence-corrected chi connectivity index (χ3v) is 3.20. The van der Waals surface area contributed by atoms with E-state index < -0.39 is 4.92 Å². The Hall–Kier alpha value is -2.27. The molecule has 2 aromatic rings. The summed E-state index contributed by atoms with van der Waals surface area (Å²) in [6.07, 6.45) is 0. The molecule has 6 heteroatoms. The molecule has 0 spiro atoms. The number of rotatable bonds is 6. The first-order valence-electron chi connectivity index (χ1n) is 6.50. The normalized spacial score (nSPS) is 10.2. The van der Waals surface area contributed by atoms with E-state index in [0.29, 0.717) is 16.3 Å². The van der Waals surface area contributed by atoms with Gasteiger partial charge >= 0.3 is 0 Å².